The zero-order valence-corrected chi connectivity index (χ0v) is 18.4. The first kappa shape index (κ1) is 21.2. The predicted molar refractivity (Wildman–Crippen MR) is 125 cm³/mol. The number of nitriles is 1. The minimum absolute atomic E-state index is 0.382. The second-order valence-corrected chi connectivity index (χ2v) is 7.74. The van der Waals surface area contributed by atoms with Crippen LogP contribution in [0.2, 0.25) is 0 Å². The van der Waals surface area contributed by atoms with Gasteiger partial charge in [-0.2, -0.15) is 5.26 Å². The zero-order chi connectivity index (χ0) is 22.7. The summed E-state index contributed by atoms with van der Waals surface area (Å²) in [5.74, 6) is 1.24. The third-order valence-corrected chi connectivity index (χ3v) is 5.74. The van der Waals surface area contributed by atoms with Gasteiger partial charge in [0.1, 0.15) is 22.2 Å². The number of allylic oxidation sites excluding steroid dienone is 1. The number of benzene rings is 2. The van der Waals surface area contributed by atoms with Gasteiger partial charge in [-0.15, -0.1) is 11.3 Å². The Balaban J connectivity index is 1.60. The minimum Gasteiger partial charge on any atom is -0.493 e. The van der Waals surface area contributed by atoms with Gasteiger partial charge in [0.05, 0.1) is 19.9 Å². The lowest BCUT2D eigenvalue weighted by atomic mass is 10.1. The van der Waals surface area contributed by atoms with Gasteiger partial charge in [-0.1, -0.05) is 0 Å². The molecule has 0 aliphatic heterocycles. The quantitative estimate of drug-likeness (QED) is 0.321. The Morgan fingerprint density at radius 2 is 1.97 bits per heavy atom. The molecule has 0 fully saturated rings. The van der Waals surface area contributed by atoms with Crippen molar-refractivity contribution < 1.29 is 13.9 Å². The molecule has 2 aromatic carbocycles. The fourth-order valence-corrected chi connectivity index (χ4v) is 4.03. The van der Waals surface area contributed by atoms with E-state index in [-0.39, 0.29) is 0 Å². The fourth-order valence-electron chi connectivity index (χ4n) is 3.24. The van der Waals surface area contributed by atoms with Gasteiger partial charge >= 0.3 is 5.63 Å². The summed E-state index contributed by atoms with van der Waals surface area (Å²) in [4.78, 5) is 16.2. The maximum Gasteiger partial charge on any atom is 0.336 e. The number of nitrogens with one attached hydrogen (secondary N) is 1. The Morgan fingerprint density at radius 1 is 1.16 bits per heavy atom. The monoisotopic (exact) mass is 445 g/mol. The molecular formula is C24H19N3O4S. The molecule has 0 aliphatic rings. The zero-order valence-electron chi connectivity index (χ0n) is 17.6. The third kappa shape index (κ3) is 4.19. The molecule has 32 heavy (non-hydrogen) atoms. The molecule has 2 aromatic heterocycles. The van der Waals surface area contributed by atoms with Crippen LogP contribution in [0.4, 0.5) is 5.69 Å². The van der Waals surface area contributed by atoms with E-state index in [1.54, 1.807) is 26.5 Å². The molecule has 0 saturated heterocycles. The summed E-state index contributed by atoms with van der Waals surface area (Å²) in [6.07, 6.45) is 1.59. The van der Waals surface area contributed by atoms with Crippen LogP contribution in [-0.4, -0.2) is 19.2 Å². The van der Waals surface area contributed by atoms with Crippen molar-refractivity contribution in [1.29, 1.82) is 5.26 Å². The summed E-state index contributed by atoms with van der Waals surface area (Å²) < 4.78 is 15.9. The standard InChI is InChI=1S/C24H19N3O4S/c1-14-8-23(28)31-21-10-17(5-6-18(14)21)26-12-16(11-25)24-27-19(13-32-24)15-4-7-20(29-2)22(9-15)30-3/h4-10,12-13,26H,1-3H3/b16-12+. The Labute approximate surface area is 188 Å². The smallest absolute Gasteiger partial charge is 0.336 e. The van der Waals surface area contributed by atoms with Gasteiger partial charge in [0.15, 0.2) is 11.5 Å². The average molecular weight is 446 g/mol. The number of hydrogen-bond donors (Lipinski definition) is 1. The van der Waals surface area contributed by atoms with Crippen molar-refractivity contribution in [1.82, 2.24) is 4.98 Å². The van der Waals surface area contributed by atoms with Crippen LogP contribution in [0.3, 0.4) is 0 Å². The Hall–Kier alpha value is -4.09. The third-order valence-electron chi connectivity index (χ3n) is 4.87. The molecule has 8 heteroatoms. The molecule has 7 nitrogen and oxygen atoms in total. The van der Waals surface area contributed by atoms with Crippen LogP contribution in [0.1, 0.15) is 10.6 Å². The summed E-state index contributed by atoms with van der Waals surface area (Å²) in [6, 6.07) is 14.6. The molecule has 1 N–H and O–H groups in total. The Bertz CT molecular complexity index is 1430. The van der Waals surface area contributed by atoms with E-state index in [1.165, 1.54) is 17.4 Å². The number of aromatic nitrogens is 1. The molecule has 160 valence electrons. The highest BCUT2D eigenvalue weighted by Gasteiger charge is 2.12. The molecule has 0 bridgehead atoms. The van der Waals surface area contributed by atoms with Crippen molar-refractivity contribution in [2.45, 2.75) is 6.92 Å². The summed E-state index contributed by atoms with van der Waals surface area (Å²) >= 11 is 1.37. The maximum absolute atomic E-state index is 11.6. The van der Waals surface area contributed by atoms with Gasteiger partial charge in [-0.25, -0.2) is 9.78 Å². The second kappa shape index (κ2) is 8.96. The van der Waals surface area contributed by atoms with E-state index >= 15 is 0 Å². The number of hydrogen-bond acceptors (Lipinski definition) is 8. The molecule has 0 radical (unpaired) electrons. The van der Waals surface area contributed by atoms with Crippen molar-refractivity contribution in [2.24, 2.45) is 0 Å². The first-order chi connectivity index (χ1) is 15.5. The topological polar surface area (TPSA) is 97.4 Å². The van der Waals surface area contributed by atoms with Crippen LogP contribution in [-0.2, 0) is 0 Å². The lowest BCUT2D eigenvalue weighted by molar-refractivity contribution is 0.355. The lowest BCUT2D eigenvalue weighted by Gasteiger charge is -2.08. The minimum atomic E-state index is -0.397. The molecule has 0 atom stereocenters. The number of ether oxygens (including phenoxy) is 2. The number of methoxy groups -OCH3 is 2. The molecule has 0 unspecified atom stereocenters. The van der Waals surface area contributed by atoms with Crippen molar-refractivity contribution in [2.75, 3.05) is 19.5 Å². The van der Waals surface area contributed by atoms with Gasteiger partial charge in [0.2, 0.25) is 0 Å². The fraction of sp³-hybridized carbons (Fsp3) is 0.125. The normalized spacial score (nSPS) is 11.2. The second-order valence-electron chi connectivity index (χ2n) is 6.88. The molecule has 4 aromatic rings. The maximum atomic E-state index is 11.6. The number of aryl methyl sites for hydroxylation is 1. The van der Waals surface area contributed by atoms with E-state index in [4.69, 9.17) is 13.9 Å². The van der Waals surface area contributed by atoms with Crippen LogP contribution < -0.4 is 20.4 Å². The lowest BCUT2D eigenvalue weighted by Crippen LogP contribution is -1.98. The van der Waals surface area contributed by atoms with Crippen molar-refractivity contribution in [3.05, 3.63) is 75.0 Å². The highest BCUT2D eigenvalue weighted by Crippen LogP contribution is 2.33. The highest BCUT2D eigenvalue weighted by molar-refractivity contribution is 7.11. The first-order valence-electron chi connectivity index (χ1n) is 9.62. The van der Waals surface area contributed by atoms with E-state index in [0.29, 0.717) is 33.4 Å². The summed E-state index contributed by atoms with van der Waals surface area (Å²) in [7, 11) is 3.16. The van der Waals surface area contributed by atoms with Gasteiger partial charge < -0.3 is 19.2 Å². The predicted octanol–water partition coefficient (Wildman–Crippen LogP) is 5.22. The summed E-state index contributed by atoms with van der Waals surface area (Å²) in [5, 5.41) is 16.1. The van der Waals surface area contributed by atoms with E-state index < -0.39 is 5.63 Å². The van der Waals surface area contributed by atoms with Crippen LogP contribution in [0, 0.1) is 18.3 Å². The first-order valence-corrected chi connectivity index (χ1v) is 10.5. The van der Waals surface area contributed by atoms with Gasteiger partial charge in [-0.3, -0.25) is 0 Å². The average Bonchev–Trinajstić information content (AvgIpc) is 3.28. The van der Waals surface area contributed by atoms with Crippen LogP contribution in [0.25, 0.3) is 27.8 Å². The largest absolute Gasteiger partial charge is 0.493 e. The molecule has 0 saturated carbocycles. The molecule has 0 spiro atoms. The number of nitrogens with zero attached hydrogens (tertiary/aromatic N) is 2. The van der Waals surface area contributed by atoms with E-state index in [0.717, 1.165) is 22.2 Å². The Kier molecular flexibility index (Phi) is 5.92. The number of anilines is 1. The van der Waals surface area contributed by atoms with Gasteiger partial charge in [-0.05, 0) is 42.8 Å². The number of fused-ring (bicyclic) bond motifs is 1. The molecule has 0 amide bonds. The van der Waals surface area contributed by atoms with Crippen LogP contribution >= 0.6 is 11.3 Å². The van der Waals surface area contributed by atoms with Gasteiger partial charge in [0, 0.05) is 40.3 Å². The van der Waals surface area contributed by atoms with E-state index in [1.807, 2.05) is 42.6 Å². The molecule has 2 heterocycles. The molecular weight excluding hydrogens is 426 g/mol. The molecule has 0 aliphatic carbocycles. The van der Waals surface area contributed by atoms with Crippen LogP contribution in [0.5, 0.6) is 11.5 Å². The summed E-state index contributed by atoms with van der Waals surface area (Å²) in [6.45, 7) is 1.86. The summed E-state index contributed by atoms with van der Waals surface area (Å²) in [5.41, 5.74) is 3.60. The molecule has 4 rings (SSSR count). The highest BCUT2D eigenvalue weighted by atomic mass is 32.1. The van der Waals surface area contributed by atoms with Crippen molar-refractivity contribution in [3.63, 3.8) is 0 Å². The Morgan fingerprint density at radius 3 is 2.72 bits per heavy atom. The van der Waals surface area contributed by atoms with Crippen LogP contribution in [0.15, 0.2) is 63.3 Å². The van der Waals surface area contributed by atoms with Crippen molar-refractivity contribution >= 4 is 33.6 Å². The van der Waals surface area contributed by atoms with Crippen molar-refractivity contribution in [3.8, 4) is 28.8 Å². The SMILES string of the molecule is COc1ccc(-c2csc(/C(C#N)=C/Nc3ccc4c(C)cc(=O)oc4c3)n2)cc1OC. The van der Waals surface area contributed by atoms with Gasteiger partial charge in [0.25, 0.3) is 0 Å². The van der Waals surface area contributed by atoms with E-state index in [2.05, 4.69) is 16.4 Å². The number of thiazole rings is 1. The van der Waals surface area contributed by atoms with E-state index in [9.17, 15) is 10.1 Å². The number of rotatable bonds is 6.